The molecule has 1 aromatic heterocycles. The van der Waals surface area contributed by atoms with E-state index in [9.17, 15) is 9.59 Å². The Morgan fingerprint density at radius 1 is 1.00 bits per heavy atom. The Balaban J connectivity index is 1.46. The number of aromatic amines is 1. The van der Waals surface area contributed by atoms with Crippen LogP contribution < -0.4 is 5.56 Å². The van der Waals surface area contributed by atoms with E-state index < -0.39 is 0 Å². The third kappa shape index (κ3) is 4.11. The van der Waals surface area contributed by atoms with E-state index in [-0.39, 0.29) is 11.5 Å². The topological polar surface area (TPSA) is 56.4 Å². The largest absolute Gasteiger partial charge is 0.336 e. The summed E-state index contributed by atoms with van der Waals surface area (Å²) in [5.74, 6) is -0.115. The molecule has 0 atom stereocenters. The van der Waals surface area contributed by atoms with Gasteiger partial charge in [0.15, 0.2) is 0 Å². The summed E-state index contributed by atoms with van der Waals surface area (Å²) >= 11 is 5.96. The Kier molecular flexibility index (Phi) is 5.46. The fourth-order valence-corrected chi connectivity index (χ4v) is 3.80. The van der Waals surface area contributed by atoms with Gasteiger partial charge in [-0.2, -0.15) is 0 Å². The molecule has 1 amide bonds. The van der Waals surface area contributed by atoms with Crippen LogP contribution in [0.4, 0.5) is 0 Å². The fraction of sp³-hybridized carbons (Fsp3) is 0.273. The molecule has 0 bridgehead atoms. The number of carbonyl (C=O) groups is 1. The van der Waals surface area contributed by atoms with Gasteiger partial charge in [0.25, 0.3) is 11.5 Å². The van der Waals surface area contributed by atoms with Crippen molar-refractivity contribution >= 4 is 28.3 Å². The lowest BCUT2D eigenvalue weighted by atomic mass is 10.1. The average Bonchev–Trinajstić information content (AvgIpc) is 2.95. The average molecular weight is 396 g/mol. The highest BCUT2D eigenvalue weighted by molar-refractivity contribution is 6.30. The minimum atomic E-state index is -0.222. The molecule has 0 unspecified atom stereocenters. The Labute approximate surface area is 168 Å². The summed E-state index contributed by atoms with van der Waals surface area (Å²) < 4.78 is 0. The van der Waals surface area contributed by atoms with E-state index in [1.54, 1.807) is 12.1 Å². The van der Waals surface area contributed by atoms with Gasteiger partial charge in [-0.15, -0.1) is 0 Å². The van der Waals surface area contributed by atoms with E-state index in [1.165, 1.54) is 5.56 Å². The lowest BCUT2D eigenvalue weighted by Crippen LogP contribution is -2.36. The second-order valence-corrected chi connectivity index (χ2v) is 7.58. The maximum Gasteiger partial charge on any atom is 0.270 e. The van der Waals surface area contributed by atoms with Gasteiger partial charge in [0.1, 0.15) is 5.69 Å². The quantitative estimate of drug-likeness (QED) is 0.738. The van der Waals surface area contributed by atoms with Gasteiger partial charge < -0.3 is 9.88 Å². The SMILES string of the molecule is O=C(c1cc2ccccc2c(=O)[nH]1)N1CCCN(Cc2ccc(Cl)cc2)CC1. The number of H-pyrrole nitrogens is 1. The van der Waals surface area contributed by atoms with Gasteiger partial charge >= 0.3 is 0 Å². The summed E-state index contributed by atoms with van der Waals surface area (Å²) in [6.45, 7) is 3.89. The highest BCUT2D eigenvalue weighted by Crippen LogP contribution is 2.15. The van der Waals surface area contributed by atoms with Crippen molar-refractivity contribution in [1.82, 2.24) is 14.8 Å². The zero-order valence-corrected chi connectivity index (χ0v) is 16.3. The van der Waals surface area contributed by atoms with Crippen LogP contribution in [0.15, 0.2) is 59.4 Å². The number of carbonyl (C=O) groups excluding carboxylic acids is 1. The number of pyridine rings is 1. The molecule has 144 valence electrons. The Morgan fingerprint density at radius 2 is 1.79 bits per heavy atom. The van der Waals surface area contributed by atoms with Gasteiger partial charge in [0.05, 0.1) is 0 Å². The number of amides is 1. The maximum atomic E-state index is 13.0. The summed E-state index contributed by atoms with van der Waals surface area (Å²) in [7, 11) is 0. The molecule has 5 nitrogen and oxygen atoms in total. The van der Waals surface area contributed by atoms with Crippen molar-refractivity contribution in [3.05, 3.63) is 81.2 Å². The van der Waals surface area contributed by atoms with Crippen molar-refractivity contribution in [2.24, 2.45) is 0 Å². The van der Waals surface area contributed by atoms with E-state index in [0.717, 1.165) is 36.5 Å². The van der Waals surface area contributed by atoms with E-state index in [4.69, 9.17) is 11.6 Å². The molecular formula is C22H22ClN3O2. The summed E-state index contributed by atoms with van der Waals surface area (Å²) in [6.07, 6.45) is 0.900. The molecule has 2 aromatic carbocycles. The van der Waals surface area contributed by atoms with Crippen molar-refractivity contribution in [3.63, 3.8) is 0 Å². The highest BCUT2D eigenvalue weighted by atomic mass is 35.5. The molecule has 0 saturated carbocycles. The van der Waals surface area contributed by atoms with Crippen LogP contribution in [0.5, 0.6) is 0 Å². The molecule has 0 spiro atoms. The molecule has 0 aliphatic carbocycles. The van der Waals surface area contributed by atoms with Crippen LogP contribution >= 0.6 is 11.6 Å². The Bertz CT molecular complexity index is 1050. The third-order valence-electron chi connectivity index (χ3n) is 5.18. The molecule has 1 N–H and O–H groups in total. The number of nitrogens with one attached hydrogen (secondary N) is 1. The third-order valence-corrected chi connectivity index (χ3v) is 5.43. The first-order chi connectivity index (χ1) is 13.6. The lowest BCUT2D eigenvalue weighted by Gasteiger charge is -2.22. The van der Waals surface area contributed by atoms with Crippen LogP contribution in [0, 0.1) is 0 Å². The molecule has 0 radical (unpaired) electrons. The van der Waals surface area contributed by atoms with Crippen LogP contribution in [-0.2, 0) is 6.54 Å². The van der Waals surface area contributed by atoms with E-state index in [0.29, 0.717) is 24.2 Å². The van der Waals surface area contributed by atoms with Crippen molar-refractivity contribution in [1.29, 1.82) is 0 Å². The van der Waals surface area contributed by atoms with Gasteiger partial charge in [-0.05, 0) is 41.6 Å². The molecular weight excluding hydrogens is 374 g/mol. The van der Waals surface area contributed by atoms with Gasteiger partial charge in [0.2, 0.25) is 0 Å². The number of halogens is 1. The first kappa shape index (κ1) is 18.7. The fourth-order valence-electron chi connectivity index (χ4n) is 3.68. The van der Waals surface area contributed by atoms with Crippen LogP contribution in [0.1, 0.15) is 22.5 Å². The van der Waals surface area contributed by atoms with E-state index in [2.05, 4.69) is 9.88 Å². The van der Waals surface area contributed by atoms with E-state index in [1.807, 2.05) is 47.4 Å². The normalized spacial score (nSPS) is 15.5. The minimum Gasteiger partial charge on any atom is -0.336 e. The smallest absolute Gasteiger partial charge is 0.270 e. The second kappa shape index (κ2) is 8.17. The second-order valence-electron chi connectivity index (χ2n) is 7.15. The number of hydrogen-bond acceptors (Lipinski definition) is 3. The predicted molar refractivity (Wildman–Crippen MR) is 112 cm³/mol. The maximum absolute atomic E-state index is 13.0. The number of hydrogen-bond donors (Lipinski definition) is 1. The summed E-state index contributed by atoms with van der Waals surface area (Å²) in [5.41, 5.74) is 1.35. The van der Waals surface area contributed by atoms with Crippen LogP contribution in [0.2, 0.25) is 5.02 Å². The number of nitrogens with zero attached hydrogens (tertiary/aromatic N) is 2. The monoisotopic (exact) mass is 395 g/mol. The lowest BCUT2D eigenvalue weighted by molar-refractivity contribution is 0.0755. The first-order valence-electron chi connectivity index (χ1n) is 9.48. The van der Waals surface area contributed by atoms with Crippen LogP contribution in [0.25, 0.3) is 10.8 Å². The molecule has 1 aliphatic rings. The number of fused-ring (bicyclic) bond motifs is 1. The standard InChI is InChI=1S/C22H22ClN3O2/c23-18-8-6-16(7-9-18)15-25-10-3-11-26(13-12-25)22(28)20-14-17-4-1-2-5-19(17)21(27)24-20/h1-2,4-9,14H,3,10-13,15H2,(H,24,27). The molecule has 2 heterocycles. The highest BCUT2D eigenvalue weighted by Gasteiger charge is 2.21. The molecule has 1 aliphatic heterocycles. The van der Waals surface area contributed by atoms with Crippen molar-refractivity contribution in [2.45, 2.75) is 13.0 Å². The summed E-state index contributed by atoms with van der Waals surface area (Å²) in [4.78, 5) is 32.2. The van der Waals surface area contributed by atoms with Crippen molar-refractivity contribution < 1.29 is 4.79 Å². The number of aromatic nitrogens is 1. The number of rotatable bonds is 3. The molecule has 28 heavy (non-hydrogen) atoms. The minimum absolute atomic E-state index is 0.115. The first-order valence-corrected chi connectivity index (χ1v) is 9.86. The number of benzene rings is 2. The molecule has 1 fully saturated rings. The van der Waals surface area contributed by atoms with Gasteiger partial charge in [-0.25, -0.2) is 0 Å². The van der Waals surface area contributed by atoms with E-state index >= 15 is 0 Å². The zero-order chi connectivity index (χ0) is 19.5. The van der Waals surface area contributed by atoms with Gasteiger partial charge in [-0.1, -0.05) is 41.9 Å². The van der Waals surface area contributed by atoms with Gasteiger partial charge in [0, 0.05) is 43.1 Å². The molecule has 6 heteroatoms. The Morgan fingerprint density at radius 3 is 2.61 bits per heavy atom. The Hall–Kier alpha value is -2.63. The molecule has 4 rings (SSSR count). The summed E-state index contributed by atoms with van der Waals surface area (Å²) in [6, 6.07) is 17.0. The van der Waals surface area contributed by atoms with Crippen molar-refractivity contribution in [2.75, 3.05) is 26.2 Å². The summed E-state index contributed by atoms with van der Waals surface area (Å²) in [5, 5.41) is 2.12. The molecule has 1 saturated heterocycles. The predicted octanol–water partition coefficient (Wildman–Crippen LogP) is 3.53. The van der Waals surface area contributed by atoms with Crippen LogP contribution in [0.3, 0.4) is 0 Å². The molecule has 3 aromatic rings. The zero-order valence-electron chi connectivity index (χ0n) is 15.5. The van der Waals surface area contributed by atoms with Crippen molar-refractivity contribution in [3.8, 4) is 0 Å². The van der Waals surface area contributed by atoms with Gasteiger partial charge in [-0.3, -0.25) is 14.5 Å². The van der Waals surface area contributed by atoms with Crippen LogP contribution in [-0.4, -0.2) is 46.9 Å².